The van der Waals surface area contributed by atoms with E-state index in [1.165, 1.54) is 48.7 Å². The SMILES string of the molecule is C=S(=O)(c1sc(N(C)C(=O)Cc2ccc(-c3ccccn3)cc2)nc1C)C1CC1.C=S(C)(=O)c1sc(N(C)C(=O)Cc2ccc(-c3cc(F)ccc3F)cc2)nc1C.C=S(C)(=O)c1sc(N(C)C(=O)Cc2ccc(-c3ccccn3)cc2)nc1C.Cc1nc(N(C)C(=O)Cc2ccc(-c3cc(F)ccc3F)cc2)sc1[S@@](=N)(=O)C1CC1. The molecule has 6 aromatic heterocycles. The average Bonchev–Trinajstić information content (AvgIpc) is 1.63. The van der Waals surface area contributed by atoms with Crippen LogP contribution in [0.15, 0.2) is 199 Å². The van der Waals surface area contributed by atoms with Crippen molar-refractivity contribution in [2.24, 2.45) is 0 Å². The number of hydrogen-bond acceptors (Lipinski definition) is 19. The molecule has 2 fully saturated rings. The smallest absolute Gasteiger partial charge is 0.232 e. The number of pyridine rings is 2. The predicted octanol–water partition coefficient (Wildman–Crippen LogP) is 16.9. The number of anilines is 4. The van der Waals surface area contributed by atoms with Crippen LogP contribution in [-0.4, -0.2) is 139 Å². The number of carbonyl (C=O) groups excluding carboxylic acids is 4. The first-order valence-electron chi connectivity index (χ1n) is 36.2. The van der Waals surface area contributed by atoms with Crippen LogP contribution in [0.2, 0.25) is 0 Å². The van der Waals surface area contributed by atoms with Gasteiger partial charge >= 0.3 is 0 Å². The molecule has 6 heterocycles. The van der Waals surface area contributed by atoms with E-state index in [1.54, 1.807) is 127 Å². The molecule has 0 saturated heterocycles. The number of carbonyl (C=O) groups is 4. The van der Waals surface area contributed by atoms with E-state index in [0.29, 0.717) is 66.9 Å². The molecule has 3 unspecified atom stereocenters. The monoisotopic (exact) mass is 1720 g/mol. The summed E-state index contributed by atoms with van der Waals surface area (Å²) in [6.07, 6.45) is 10.9. The van der Waals surface area contributed by atoms with Crippen LogP contribution in [0.4, 0.5) is 38.1 Å². The van der Waals surface area contributed by atoms with Gasteiger partial charge in [0.25, 0.3) is 0 Å². The highest BCUT2D eigenvalue weighted by Crippen LogP contribution is 2.42. The Labute approximate surface area is 690 Å². The molecule has 1 N–H and O–H groups in total. The third-order valence-electron chi connectivity index (χ3n) is 18.7. The Morgan fingerprint density at radius 2 is 0.690 bits per heavy atom. The van der Waals surface area contributed by atoms with Gasteiger partial charge in [0.2, 0.25) is 23.6 Å². The maximum atomic E-state index is 14.0. The van der Waals surface area contributed by atoms with Crippen molar-refractivity contribution in [1.29, 1.82) is 4.78 Å². The Morgan fingerprint density at radius 3 is 0.974 bits per heavy atom. The lowest BCUT2D eigenvalue weighted by Crippen LogP contribution is -2.27. The zero-order valence-electron chi connectivity index (χ0n) is 65.3. The quantitative estimate of drug-likeness (QED) is 0.0489. The maximum Gasteiger partial charge on any atom is 0.232 e. The number of aromatic nitrogens is 6. The number of rotatable bonds is 22. The first-order valence-corrected chi connectivity index (χ1v) is 47.1. The molecule has 12 aromatic rings. The van der Waals surface area contributed by atoms with Gasteiger partial charge < -0.3 is 0 Å². The normalized spacial score (nSPS) is 14.4. The fourth-order valence-corrected chi connectivity index (χ4v) is 23.9. The lowest BCUT2D eigenvalue weighted by Gasteiger charge is -2.14. The van der Waals surface area contributed by atoms with E-state index in [0.717, 1.165) is 123 Å². The van der Waals surface area contributed by atoms with Crippen LogP contribution in [-0.2, 0) is 83.2 Å². The largest absolute Gasteiger partial charge is 0.291 e. The van der Waals surface area contributed by atoms with Crippen molar-refractivity contribution in [2.45, 2.75) is 106 Å². The van der Waals surface area contributed by atoms with Gasteiger partial charge in [-0.15, -0.1) is 0 Å². The van der Waals surface area contributed by atoms with Crippen molar-refractivity contribution in [3.8, 4) is 44.8 Å². The van der Waals surface area contributed by atoms with Crippen molar-refractivity contribution < 1.29 is 53.6 Å². The minimum absolute atomic E-state index is 0.0575. The Balaban J connectivity index is 0.000000152. The number of thiazole rings is 4. The van der Waals surface area contributed by atoms with Gasteiger partial charge in [-0.1, -0.05) is 155 Å². The van der Waals surface area contributed by atoms with Gasteiger partial charge in [-0.3, -0.25) is 61.4 Å². The minimum atomic E-state index is -2.87. The van der Waals surface area contributed by atoms with Crippen molar-refractivity contribution in [3.63, 3.8) is 0 Å². The summed E-state index contributed by atoms with van der Waals surface area (Å²) in [6.45, 7) is 7.09. The van der Waals surface area contributed by atoms with E-state index in [9.17, 15) is 53.6 Å². The van der Waals surface area contributed by atoms with Gasteiger partial charge in [-0.25, -0.2) is 46.5 Å². The van der Waals surface area contributed by atoms with Crippen LogP contribution in [0.3, 0.4) is 0 Å². The van der Waals surface area contributed by atoms with Crippen molar-refractivity contribution in [1.82, 2.24) is 29.9 Å². The van der Waals surface area contributed by atoms with E-state index in [-0.39, 0.29) is 70.9 Å². The lowest BCUT2D eigenvalue weighted by atomic mass is 10.0. The number of benzene rings is 6. The molecule has 6 aromatic carbocycles. The van der Waals surface area contributed by atoms with E-state index in [4.69, 9.17) is 4.78 Å². The molecule has 0 bridgehead atoms. The molecular weight excluding hydrogens is 1640 g/mol. The highest BCUT2D eigenvalue weighted by atomic mass is 32.2. The number of hydrogen-bond donors (Lipinski definition) is 1. The van der Waals surface area contributed by atoms with Gasteiger partial charge in [-0.2, -0.15) is 0 Å². The Hall–Kier alpha value is -10.3. The first-order chi connectivity index (χ1) is 54.8. The first kappa shape index (κ1) is 86.6. The van der Waals surface area contributed by atoms with Gasteiger partial charge in [0.1, 0.15) is 40.1 Å². The summed E-state index contributed by atoms with van der Waals surface area (Å²) in [4.78, 5) is 83.0. The number of amides is 4. The molecule has 2 aliphatic carbocycles. The molecule has 0 radical (unpaired) electrons. The maximum absolute atomic E-state index is 14.0. The number of likely N-dealkylation sites (N-methyl/N-ethyl adjacent to an activating group) is 4. The molecule has 14 rings (SSSR count). The summed E-state index contributed by atoms with van der Waals surface area (Å²) < 4.78 is 115. The number of aryl methyl sites for hydroxylation is 4. The molecule has 116 heavy (non-hydrogen) atoms. The lowest BCUT2D eigenvalue weighted by molar-refractivity contribution is -0.118. The van der Waals surface area contributed by atoms with Crippen LogP contribution in [0.25, 0.3) is 44.8 Å². The van der Waals surface area contributed by atoms with Gasteiger partial charge in [-0.05, 0) is 165 Å². The molecule has 31 heteroatoms. The third kappa shape index (κ3) is 21.5. The summed E-state index contributed by atoms with van der Waals surface area (Å²) in [7, 11) is -3.32. The predicted molar refractivity (Wildman–Crippen MR) is 466 cm³/mol. The van der Waals surface area contributed by atoms with Crippen molar-refractivity contribution in [3.05, 3.63) is 251 Å². The Morgan fingerprint density at radius 1 is 0.405 bits per heavy atom. The van der Waals surface area contributed by atoms with Crippen molar-refractivity contribution in [2.75, 3.05) is 60.3 Å². The zero-order valence-corrected chi connectivity index (χ0v) is 71.8. The molecule has 4 atom stereocenters. The summed E-state index contributed by atoms with van der Waals surface area (Å²) in [5.74, 6) is 8.75. The molecule has 4 amide bonds. The zero-order chi connectivity index (χ0) is 83.9. The van der Waals surface area contributed by atoms with Crippen molar-refractivity contribution >= 4 is 145 Å². The fraction of sp³-hybridized carbons (Fsp3) is 0.235. The minimum Gasteiger partial charge on any atom is -0.291 e. The van der Waals surface area contributed by atoms with Crippen LogP contribution in [0.5, 0.6) is 0 Å². The molecule has 2 saturated carbocycles. The molecular formula is C85H85F4N11O8S8. The average molecular weight is 1720 g/mol. The van der Waals surface area contributed by atoms with E-state index in [1.807, 2.05) is 91.9 Å². The summed E-state index contributed by atoms with van der Waals surface area (Å²) in [5.41, 5.74) is 11.0. The standard InChI is InChI=1S/C22H21F2N3O2S2.C22H23N3O2S2.C21H20F2N2O2S2.C20H21N3O2S2/c1-13-21(31(25,29)17-8-9-17)30-22(26-13)27(2)20(28)11-14-3-5-15(6-4-14)18-12-16(23)7-10-19(18)24;1-15-21(29(3,27)18-11-12-18)28-22(24-15)25(2)20(26)14-16-7-9-17(10-8-16)19-6-4-5-13-23-19;1-13-20(29(3,4)27)28-21(24-13)25(2)19(26)11-14-5-7-15(8-6-14)17-12-16(22)9-10-18(17)23;1-14-19(27(3,4)25)26-20(22-14)23(2)18(24)13-15-8-10-16(11-9-15)17-7-5-6-12-21-17/h3-7,10,12,17,25H,8-9,11H2,1-2H3;4-10,13,18H,3,11-12,14H2,1-2H3;5-10,12H,3,11H2,1-2,4H3;5-12H,3,13H2,1-2,4H3/t31-;;;/m0.../s1. The Bertz CT molecular complexity index is 6100. The number of halogens is 4. The summed E-state index contributed by atoms with van der Waals surface area (Å²) in [5, 5.41) is 2.03. The number of nitrogens with zero attached hydrogens (tertiary/aromatic N) is 10. The second kappa shape index (κ2) is 36.5. The second-order valence-corrected chi connectivity index (χ2v) is 42.8. The summed E-state index contributed by atoms with van der Waals surface area (Å²) >= 11 is 4.92. The second-order valence-electron chi connectivity index (χ2n) is 28.2. The molecule has 604 valence electrons. The highest BCUT2D eigenvalue weighted by molar-refractivity contribution is 8.03. The van der Waals surface area contributed by atoms with Gasteiger partial charge in [0.15, 0.2) is 20.5 Å². The summed E-state index contributed by atoms with van der Waals surface area (Å²) in [6, 6.07) is 47.2. The molecule has 0 spiro atoms. The fourth-order valence-electron chi connectivity index (χ4n) is 11.9. The van der Waals surface area contributed by atoms with E-state index in [2.05, 4.69) is 47.5 Å². The Kier molecular flexibility index (Phi) is 27.3. The van der Waals surface area contributed by atoms with E-state index < -0.39 is 61.6 Å². The van der Waals surface area contributed by atoms with Crippen LogP contribution < -0.4 is 19.6 Å². The van der Waals surface area contributed by atoms with E-state index >= 15 is 0 Å². The van der Waals surface area contributed by atoms with Gasteiger partial charge in [0, 0.05) is 114 Å². The third-order valence-corrected chi connectivity index (χ3v) is 34.4. The number of nitrogens with one attached hydrogen (secondary N) is 1. The highest BCUT2D eigenvalue weighted by Gasteiger charge is 2.38. The topological polar surface area (TPSA) is 251 Å². The molecule has 2 aliphatic rings. The van der Waals surface area contributed by atoms with Crippen LogP contribution >= 0.6 is 45.3 Å². The molecule has 0 aliphatic heterocycles. The van der Waals surface area contributed by atoms with Gasteiger partial charge in [0.05, 0.1) is 69.6 Å². The van der Waals surface area contributed by atoms with Crippen LogP contribution in [0, 0.1) is 55.7 Å². The molecule has 19 nitrogen and oxygen atoms in total. The van der Waals surface area contributed by atoms with Crippen LogP contribution in [0.1, 0.15) is 70.7 Å².